The van der Waals surface area contributed by atoms with E-state index in [1.54, 1.807) is 6.07 Å². The third-order valence-electron chi connectivity index (χ3n) is 3.15. The van der Waals surface area contributed by atoms with Gasteiger partial charge in [-0.2, -0.15) is 11.8 Å². The van der Waals surface area contributed by atoms with Gasteiger partial charge in [0.05, 0.1) is 0 Å². The van der Waals surface area contributed by atoms with Gasteiger partial charge in [0.1, 0.15) is 0 Å². The lowest BCUT2D eigenvalue weighted by atomic mass is 10.2. The highest BCUT2D eigenvalue weighted by Gasteiger charge is 2.10. The molecule has 0 aromatic heterocycles. The smallest absolute Gasteiger partial charge is 0.224 e. The van der Waals surface area contributed by atoms with E-state index in [1.807, 2.05) is 30.0 Å². The van der Waals surface area contributed by atoms with E-state index < -0.39 is 0 Å². The molecule has 0 radical (unpaired) electrons. The first-order valence-corrected chi connectivity index (χ1v) is 7.85. The number of benzene rings is 1. The summed E-state index contributed by atoms with van der Waals surface area (Å²) in [5.74, 6) is 2.50. The zero-order chi connectivity index (χ0) is 13.5. The highest BCUT2D eigenvalue weighted by Crippen LogP contribution is 2.13. The van der Waals surface area contributed by atoms with Gasteiger partial charge in [-0.15, -0.1) is 0 Å². The summed E-state index contributed by atoms with van der Waals surface area (Å²) in [5.41, 5.74) is 7.12. The van der Waals surface area contributed by atoms with Crippen molar-refractivity contribution in [3.05, 3.63) is 24.3 Å². The van der Waals surface area contributed by atoms with Crippen molar-refractivity contribution >= 4 is 29.0 Å². The van der Waals surface area contributed by atoms with E-state index in [4.69, 9.17) is 5.73 Å². The van der Waals surface area contributed by atoms with Crippen LogP contribution in [0.15, 0.2) is 24.3 Å². The molecule has 0 bridgehead atoms. The molecule has 1 aromatic rings. The molecule has 5 heteroatoms. The highest BCUT2D eigenvalue weighted by molar-refractivity contribution is 7.99. The molecule has 104 valence electrons. The Bertz CT molecular complexity index is 419. The monoisotopic (exact) mass is 279 g/mol. The molecular weight excluding hydrogens is 258 g/mol. The van der Waals surface area contributed by atoms with Gasteiger partial charge in [0.15, 0.2) is 0 Å². The molecule has 0 aliphatic carbocycles. The van der Waals surface area contributed by atoms with Gasteiger partial charge in [-0.05, 0) is 31.2 Å². The number of hydrogen-bond acceptors (Lipinski definition) is 4. The molecule has 2 rings (SSSR count). The second kappa shape index (κ2) is 7.40. The summed E-state index contributed by atoms with van der Waals surface area (Å²) in [6.45, 7) is 3.33. The molecule has 1 heterocycles. The van der Waals surface area contributed by atoms with Crippen LogP contribution in [0.4, 0.5) is 11.4 Å². The largest absolute Gasteiger partial charge is 0.399 e. The predicted molar refractivity (Wildman–Crippen MR) is 82.5 cm³/mol. The second-order valence-electron chi connectivity index (χ2n) is 4.73. The molecular formula is C14H21N3OS. The molecule has 0 unspecified atom stereocenters. The maximum Gasteiger partial charge on any atom is 0.224 e. The van der Waals surface area contributed by atoms with Gasteiger partial charge < -0.3 is 16.0 Å². The van der Waals surface area contributed by atoms with E-state index in [0.29, 0.717) is 12.1 Å². The number of nitrogen functional groups attached to an aromatic ring is 1. The summed E-state index contributed by atoms with van der Waals surface area (Å²) in [5, 5.41) is 2.88. The molecule has 19 heavy (non-hydrogen) atoms. The lowest BCUT2D eigenvalue weighted by Gasteiger charge is -2.25. The first-order valence-electron chi connectivity index (χ1n) is 6.69. The van der Waals surface area contributed by atoms with Gasteiger partial charge in [0.25, 0.3) is 0 Å². The Morgan fingerprint density at radius 2 is 2.16 bits per heavy atom. The number of carbonyl (C=O) groups excluding carboxylic acids is 1. The van der Waals surface area contributed by atoms with Gasteiger partial charge in [-0.1, -0.05) is 6.07 Å². The van der Waals surface area contributed by atoms with Crippen molar-refractivity contribution < 1.29 is 4.79 Å². The fourth-order valence-electron chi connectivity index (χ4n) is 2.13. The lowest BCUT2D eigenvalue weighted by Crippen LogP contribution is -2.33. The van der Waals surface area contributed by atoms with Gasteiger partial charge in [-0.3, -0.25) is 4.79 Å². The number of nitrogens with zero attached hydrogens (tertiary/aromatic N) is 1. The van der Waals surface area contributed by atoms with Crippen LogP contribution < -0.4 is 11.1 Å². The lowest BCUT2D eigenvalue weighted by molar-refractivity contribution is -0.116. The number of amides is 1. The minimum absolute atomic E-state index is 0.0667. The fourth-order valence-corrected chi connectivity index (χ4v) is 3.11. The molecule has 1 aromatic carbocycles. The molecule has 0 atom stereocenters. The van der Waals surface area contributed by atoms with Crippen molar-refractivity contribution in [1.29, 1.82) is 0 Å². The first-order chi connectivity index (χ1) is 9.24. The van der Waals surface area contributed by atoms with E-state index in [2.05, 4.69) is 10.2 Å². The number of nitrogens with one attached hydrogen (secondary N) is 1. The number of rotatable bonds is 5. The van der Waals surface area contributed by atoms with Crippen LogP contribution in [-0.2, 0) is 4.79 Å². The van der Waals surface area contributed by atoms with Crippen LogP contribution in [-0.4, -0.2) is 41.9 Å². The number of anilines is 2. The zero-order valence-electron chi connectivity index (χ0n) is 11.1. The quantitative estimate of drug-likeness (QED) is 0.810. The second-order valence-corrected chi connectivity index (χ2v) is 5.96. The van der Waals surface area contributed by atoms with Crippen molar-refractivity contribution in [3.63, 3.8) is 0 Å². The normalized spacial score (nSPS) is 16.2. The van der Waals surface area contributed by atoms with E-state index in [0.717, 1.165) is 31.7 Å². The summed E-state index contributed by atoms with van der Waals surface area (Å²) in [4.78, 5) is 14.2. The van der Waals surface area contributed by atoms with Crippen LogP contribution in [0.5, 0.6) is 0 Å². The van der Waals surface area contributed by atoms with Gasteiger partial charge in [0.2, 0.25) is 5.91 Å². The summed E-state index contributed by atoms with van der Waals surface area (Å²) < 4.78 is 0. The Morgan fingerprint density at radius 3 is 2.89 bits per heavy atom. The Morgan fingerprint density at radius 1 is 1.37 bits per heavy atom. The van der Waals surface area contributed by atoms with Gasteiger partial charge in [-0.25, -0.2) is 0 Å². The zero-order valence-corrected chi connectivity index (χ0v) is 11.9. The van der Waals surface area contributed by atoms with E-state index in [-0.39, 0.29) is 5.91 Å². The Labute approximate surface area is 118 Å². The van der Waals surface area contributed by atoms with E-state index in [1.165, 1.54) is 11.5 Å². The summed E-state index contributed by atoms with van der Waals surface area (Å²) in [6, 6.07) is 7.29. The molecule has 0 saturated carbocycles. The average Bonchev–Trinajstić information content (AvgIpc) is 2.40. The molecule has 1 amide bonds. The molecule has 3 N–H and O–H groups in total. The third kappa shape index (κ3) is 5.12. The van der Waals surface area contributed by atoms with Crippen LogP contribution in [0.1, 0.15) is 12.8 Å². The Hall–Kier alpha value is -1.20. The number of carbonyl (C=O) groups is 1. The molecule has 4 nitrogen and oxygen atoms in total. The minimum atomic E-state index is 0.0667. The number of thioether (sulfide) groups is 1. The van der Waals surface area contributed by atoms with E-state index >= 15 is 0 Å². The highest BCUT2D eigenvalue weighted by atomic mass is 32.2. The van der Waals surface area contributed by atoms with Gasteiger partial charge >= 0.3 is 0 Å². The van der Waals surface area contributed by atoms with Crippen molar-refractivity contribution in [2.75, 3.05) is 42.2 Å². The van der Waals surface area contributed by atoms with Crippen molar-refractivity contribution in [3.8, 4) is 0 Å². The Kier molecular flexibility index (Phi) is 5.54. The standard InChI is InChI=1S/C14H21N3OS/c15-12-3-1-4-13(11-12)16-14(18)5-2-6-17-7-9-19-10-8-17/h1,3-4,11H,2,5-10,15H2,(H,16,18). The van der Waals surface area contributed by atoms with Crippen molar-refractivity contribution in [2.45, 2.75) is 12.8 Å². The van der Waals surface area contributed by atoms with Crippen molar-refractivity contribution in [2.24, 2.45) is 0 Å². The maximum atomic E-state index is 11.8. The number of nitrogens with two attached hydrogens (primary N) is 1. The topological polar surface area (TPSA) is 58.4 Å². The molecule has 1 aliphatic rings. The summed E-state index contributed by atoms with van der Waals surface area (Å²) in [7, 11) is 0. The molecule has 0 spiro atoms. The Balaban J connectivity index is 1.67. The third-order valence-corrected chi connectivity index (χ3v) is 4.09. The SMILES string of the molecule is Nc1cccc(NC(=O)CCCN2CCSCC2)c1. The van der Waals surface area contributed by atoms with Crippen molar-refractivity contribution in [1.82, 2.24) is 4.90 Å². The molecule has 1 fully saturated rings. The van der Waals surface area contributed by atoms with Crippen LogP contribution >= 0.6 is 11.8 Å². The summed E-state index contributed by atoms with van der Waals surface area (Å²) in [6.07, 6.45) is 1.48. The van der Waals surface area contributed by atoms with Gasteiger partial charge in [0, 0.05) is 42.4 Å². The average molecular weight is 279 g/mol. The minimum Gasteiger partial charge on any atom is -0.399 e. The molecule has 1 saturated heterocycles. The summed E-state index contributed by atoms with van der Waals surface area (Å²) >= 11 is 2.01. The molecule has 1 aliphatic heterocycles. The maximum absolute atomic E-state index is 11.8. The number of hydrogen-bond donors (Lipinski definition) is 2. The first kappa shape index (κ1) is 14.2. The van der Waals surface area contributed by atoms with Crippen LogP contribution in [0.2, 0.25) is 0 Å². The fraction of sp³-hybridized carbons (Fsp3) is 0.500. The predicted octanol–water partition coefficient (Wildman–Crippen LogP) is 2.04. The van der Waals surface area contributed by atoms with Crippen LogP contribution in [0.25, 0.3) is 0 Å². The van der Waals surface area contributed by atoms with Crippen LogP contribution in [0, 0.1) is 0 Å². The van der Waals surface area contributed by atoms with Crippen LogP contribution in [0.3, 0.4) is 0 Å². The van der Waals surface area contributed by atoms with E-state index in [9.17, 15) is 4.79 Å².